The summed E-state index contributed by atoms with van der Waals surface area (Å²) in [6.07, 6.45) is 0.788. The van der Waals surface area contributed by atoms with Crippen LogP contribution in [0, 0.1) is 0 Å². The van der Waals surface area contributed by atoms with Gasteiger partial charge < -0.3 is 14.4 Å². The zero-order valence-corrected chi connectivity index (χ0v) is 14.7. The summed E-state index contributed by atoms with van der Waals surface area (Å²) in [7, 11) is 3.26. The van der Waals surface area contributed by atoms with E-state index in [1.54, 1.807) is 26.0 Å². The number of benzene rings is 2. The number of amides is 1. The van der Waals surface area contributed by atoms with Crippen molar-refractivity contribution >= 4 is 17.7 Å². The van der Waals surface area contributed by atoms with Crippen molar-refractivity contribution in [2.75, 3.05) is 26.5 Å². The summed E-state index contributed by atoms with van der Waals surface area (Å²) >= 11 is 1.69. The third-order valence-electron chi connectivity index (χ3n) is 4.14. The van der Waals surface area contributed by atoms with E-state index in [4.69, 9.17) is 9.47 Å². The number of hydrogen-bond acceptors (Lipinski definition) is 4. The second kappa shape index (κ2) is 7.62. The van der Waals surface area contributed by atoms with Crippen molar-refractivity contribution in [2.45, 2.75) is 11.8 Å². The van der Waals surface area contributed by atoms with Gasteiger partial charge >= 0.3 is 0 Å². The Labute approximate surface area is 146 Å². The van der Waals surface area contributed by atoms with Gasteiger partial charge in [0.1, 0.15) is 5.37 Å². The molecule has 2 aromatic carbocycles. The van der Waals surface area contributed by atoms with Crippen molar-refractivity contribution in [2.24, 2.45) is 0 Å². The molecule has 1 aliphatic rings. The molecular formula is C19H21NO3S. The summed E-state index contributed by atoms with van der Waals surface area (Å²) < 4.78 is 10.6. The number of nitrogens with zero attached hydrogens (tertiary/aromatic N) is 1. The van der Waals surface area contributed by atoms with Crippen molar-refractivity contribution in [1.29, 1.82) is 0 Å². The van der Waals surface area contributed by atoms with Crippen LogP contribution in [0.5, 0.6) is 11.5 Å². The van der Waals surface area contributed by atoms with Gasteiger partial charge in [0.25, 0.3) is 0 Å². The average molecular weight is 343 g/mol. The van der Waals surface area contributed by atoms with Crippen LogP contribution in [0.15, 0.2) is 48.5 Å². The smallest absolute Gasteiger partial charge is 0.233 e. The first-order valence-corrected chi connectivity index (χ1v) is 8.94. The Kier molecular flexibility index (Phi) is 5.30. The fourth-order valence-corrected chi connectivity index (χ4v) is 4.09. The summed E-state index contributed by atoms with van der Waals surface area (Å²) in [5.74, 6) is 2.19. The van der Waals surface area contributed by atoms with Crippen LogP contribution in [-0.4, -0.2) is 37.3 Å². The fourth-order valence-electron chi connectivity index (χ4n) is 2.88. The predicted octanol–water partition coefficient (Wildman–Crippen LogP) is 3.52. The highest BCUT2D eigenvalue weighted by Gasteiger charge is 2.32. The second-order valence-corrected chi connectivity index (χ2v) is 6.67. The number of rotatable bonds is 6. The lowest BCUT2D eigenvalue weighted by molar-refractivity contribution is -0.128. The van der Waals surface area contributed by atoms with Crippen LogP contribution in [0.25, 0.3) is 0 Å². The third kappa shape index (κ3) is 3.51. The molecule has 126 valence electrons. The Morgan fingerprint density at radius 1 is 1.08 bits per heavy atom. The Bertz CT molecular complexity index is 705. The van der Waals surface area contributed by atoms with E-state index in [-0.39, 0.29) is 11.3 Å². The second-order valence-electron chi connectivity index (χ2n) is 5.60. The van der Waals surface area contributed by atoms with Crippen molar-refractivity contribution < 1.29 is 14.3 Å². The first-order chi connectivity index (χ1) is 11.7. The Balaban J connectivity index is 1.71. The molecule has 3 rings (SSSR count). The molecule has 1 heterocycles. The third-order valence-corrected chi connectivity index (χ3v) is 5.40. The van der Waals surface area contributed by atoms with Crippen molar-refractivity contribution in [3.05, 3.63) is 59.7 Å². The van der Waals surface area contributed by atoms with E-state index >= 15 is 0 Å². The minimum Gasteiger partial charge on any atom is -0.493 e. The summed E-state index contributed by atoms with van der Waals surface area (Å²) in [4.78, 5) is 14.2. The fraction of sp³-hybridized carbons (Fsp3) is 0.316. The molecule has 1 saturated heterocycles. The predicted molar refractivity (Wildman–Crippen MR) is 96.6 cm³/mol. The van der Waals surface area contributed by atoms with Gasteiger partial charge in [0.15, 0.2) is 11.5 Å². The van der Waals surface area contributed by atoms with Crippen LogP contribution in [0.2, 0.25) is 0 Å². The maximum Gasteiger partial charge on any atom is 0.233 e. The molecule has 0 unspecified atom stereocenters. The molecule has 1 amide bonds. The van der Waals surface area contributed by atoms with E-state index < -0.39 is 0 Å². The lowest BCUT2D eigenvalue weighted by Gasteiger charge is -2.24. The maximum absolute atomic E-state index is 12.3. The maximum atomic E-state index is 12.3. The zero-order chi connectivity index (χ0) is 16.9. The molecule has 0 spiro atoms. The molecule has 0 aliphatic carbocycles. The Morgan fingerprint density at radius 2 is 1.83 bits per heavy atom. The molecule has 0 radical (unpaired) electrons. The van der Waals surface area contributed by atoms with Crippen molar-refractivity contribution in [1.82, 2.24) is 4.90 Å². The van der Waals surface area contributed by atoms with Crippen LogP contribution in [-0.2, 0) is 11.2 Å². The highest BCUT2D eigenvalue weighted by molar-refractivity contribution is 8.00. The standard InChI is InChI=1S/C19H21NO3S/c1-22-16-9-8-14(12-17(16)23-2)10-11-20-18(21)13-24-19(20)15-6-4-3-5-7-15/h3-9,12,19H,10-11,13H2,1-2H3/t19-/m1/s1. The van der Waals surface area contributed by atoms with Crippen LogP contribution >= 0.6 is 11.8 Å². The molecule has 0 N–H and O–H groups in total. The summed E-state index contributed by atoms with van der Waals surface area (Å²) in [6.45, 7) is 0.695. The molecule has 1 atom stereocenters. The lowest BCUT2D eigenvalue weighted by Crippen LogP contribution is -2.30. The van der Waals surface area contributed by atoms with E-state index in [1.165, 1.54) is 5.56 Å². The molecule has 1 aliphatic heterocycles. The van der Waals surface area contributed by atoms with Gasteiger partial charge in [-0.1, -0.05) is 36.4 Å². The minimum atomic E-state index is 0.110. The number of methoxy groups -OCH3 is 2. The average Bonchev–Trinajstić information content (AvgIpc) is 3.01. The van der Waals surface area contributed by atoms with E-state index in [1.807, 2.05) is 41.3 Å². The van der Waals surface area contributed by atoms with Crippen molar-refractivity contribution in [3.63, 3.8) is 0 Å². The zero-order valence-electron chi connectivity index (χ0n) is 13.9. The first kappa shape index (κ1) is 16.7. The highest BCUT2D eigenvalue weighted by Crippen LogP contribution is 2.38. The summed E-state index contributed by atoms with van der Waals surface area (Å²) in [5, 5.41) is 0.110. The normalized spacial score (nSPS) is 17.2. The molecule has 2 aromatic rings. The van der Waals surface area contributed by atoms with Crippen LogP contribution in [0.1, 0.15) is 16.5 Å². The van der Waals surface area contributed by atoms with Gasteiger partial charge in [0.05, 0.1) is 20.0 Å². The van der Waals surface area contributed by atoms with Gasteiger partial charge in [0, 0.05) is 6.54 Å². The first-order valence-electron chi connectivity index (χ1n) is 7.90. The lowest BCUT2D eigenvalue weighted by atomic mass is 10.1. The molecule has 0 saturated carbocycles. The molecule has 0 aromatic heterocycles. The highest BCUT2D eigenvalue weighted by atomic mass is 32.2. The van der Waals surface area contributed by atoms with E-state index in [0.717, 1.165) is 23.5 Å². The van der Waals surface area contributed by atoms with Crippen LogP contribution < -0.4 is 9.47 Å². The quantitative estimate of drug-likeness (QED) is 0.804. The summed E-state index contributed by atoms with van der Waals surface area (Å²) in [6, 6.07) is 16.1. The topological polar surface area (TPSA) is 38.8 Å². The van der Waals surface area contributed by atoms with E-state index in [0.29, 0.717) is 12.3 Å². The molecule has 1 fully saturated rings. The Hall–Kier alpha value is -2.14. The summed E-state index contributed by atoms with van der Waals surface area (Å²) in [5.41, 5.74) is 2.31. The number of ether oxygens (including phenoxy) is 2. The molecule has 24 heavy (non-hydrogen) atoms. The largest absolute Gasteiger partial charge is 0.493 e. The van der Waals surface area contributed by atoms with Gasteiger partial charge in [-0.15, -0.1) is 11.8 Å². The monoisotopic (exact) mass is 343 g/mol. The van der Waals surface area contributed by atoms with Gasteiger partial charge in [-0.3, -0.25) is 4.79 Å². The number of thioether (sulfide) groups is 1. The van der Waals surface area contributed by atoms with E-state index in [2.05, 4.69) is 12.1 Å². The number of carbonyl (C=O) groups excluding carboxylic acids is 1. The minimum absolute atomic E-state index is 0.110. The molecule has 0 bridgehead atoms. The molecule has 4 nitrogen and oxygen atoms in total. The molecular weight excluding hydrogens is 322 g/mol. The van der Waals surface area contributed by atoms with Crippen LogP contribution in [0.3, 0.4) is 0 Å². The van der Waals surface area contributed by atoms with Gasteiger partial charge in [-0.25, -0.2) is 0 Å². The number of hydrogen-bond donors (Lipinski definition) is 0. The van der Waals surface area contributed by atoms with Gasteiger partial charge in [0.2, 0.25) is 5.91 Å². The SMILES string of the molecule is COc1ccc(CCN2C(=O)CS[C@@H]2c2ccccc2)cc1OC. The van der Waals surface area contributed by atoms with Gasteiger partial charge in [-0.2, -0.15) is 0 Å². The van der Waals surface area contributed by atoms with Gasteiger partial charge in [-0.05, 0) is 29.7 Å². The van der Waals surface area contributed by atoms with Crippen LogP contribution in [0.4, 0.5) is 0 Å². The molecule has 5 heteroatoms. The van der Waals surface area contributed by atoms with Crippen molar-refractivity contribution in [3.8, 4) is 11.5 Å². The number of carbonyl (C=O) groups is 1. The Morgan fingerprint density at radius 3 is 2.54 bits per heavy atom. The van der Waals surface area contributed by atoms with E-state index in [9.17, 15) is 4.79 Å².